The van der Waals surface area contributed by atoms with Gasteiger partial charge >= 0.3 is 0 Å². The molecule has 0 aliphatic carbocycles. The first-order chi connectivity index (χ1) is 18.4. The van der Waals surface area contributed by atoms with Gasteiger partial charge in [0.1, 0.15) is 12.6 Å². The molecule has 0 aliphatic heterocycles. The van der Waals surface area contributed by atoms with Crippen LogP contribution in [0, 0.1) is 12.8 Å². The fourth-order valence-corrected chi connectivity index (χ4v) is 5.67. The summed E-state index contributed by atoms with van der Waals surface area (Å²) in [6.45, 7) is 7.38. The van der Waals surface area contributed by atoms with E-state index in [0.29, 0.717) is 22.2 Å². The Labute approximate surface area is 240 Å². The highest BCUT2D eigenvalue weighted by atomic mass is 35.5. The quantitative estimate of drug-likeness (QED) is 0.311. The van der Waals surface area contributed by atoms with Gasteiger partial charge in [0.05, 0.1) is 10.6 Å². The number of anilines is 1. The molecule has 0 unspecified atom stereocenters. The molecule has 0 spiro atoms. The third-order valence-electron chi connectivity index (χ3n) is 6.08. The fraction of sp³-hybridized carbons (Fsp3) is 0.310. The van der Waals surface area contributed by atoms with Gasteiger partial charge in [-0.05, 0) is 67.8 Å². The van der Waals surface area contributed by atoms with Crippen LogP contribution in [-0.4, -0.2) is 44.3 Å². The predicted molar refractivity (Wildman–Crippen MR) is 156 cm³/mol. The normalized spacial score (nSPS) is 12.2. The minimum atomic E-state index is -4.16. The largest absolute Gasteiger partial charge is 0.354 e. The summed E-state index contributed by atoms with van der Waals surface area (Å²) in [6.07, 6.45) is 0. The standard InChI is InChI=1S/C29H33Cl2N3O4S/c1-20(2)17-32-29(36)22(4)33(18-23-7-5-8-24(30)15-23)28(35)19-34(26-10-6-9-25(31)16-26)39(37,38)27-13-11-21(3)12-14-27/h5-16,20,22H,17-19H2,1-4H3,(H,32,36)/t22-/m0/s1. The van der Waals surface area contributed by atoms with Crippen LogP contribution in [0.25, 0.3) is 0 Å². The van der Waals surface area contributed by atoms with E-state index in [1.807, 2.05) is 20.8 Å². The maximum Gasteiger partial charge on any atom is 0.264 e. The second kappa shape index (κ2) is 13.3. The average Bonchev–Trinajstić information content (AvgIpc) is 2.88. The Bertz CT molecular complexity index is 1410. The summed E-state index contributed by atoms with van der Waals surface area (Å²) in [4.78, 5) is 28.3. The number of rotatable bonds is 11. The van der Waals surface area contributed by atoms with E-state index in [9.17, 15) is 18.0 Å². The van der Waals surface area contributed by atoms with Gasteiger partial charge in [-0.1, -0.05) is 72.9 Å². The average molecular weight is 591 g/mol. The maximum absolute atomic E-state index is 13.9. The van der Waals surface area contributed by atoms with Crippen LogP contribution in [0.2, 0.25) is 10.0 Å². The van der Waals surface area contributed by atoms with Crippen LogP contribution >= 0.6 is 23.2 Å². The van der Waals surface area contributed by atoms with Gasteiger partial charge in [-0.25, -0.2) is 8.42 Å². The van der Waals surface area contributed by atoms with Gasteiger partial charge in [-0.2, -0.15) is 0 Å². The van der Waals surface area contributed by atoms with Crippen LogP contribution in [0.1, 0.15) is 31.9 Å². The van der Waals surface area contributed by atoms with Crippen molar-refractivity contribution in [3.8, 4) is 0 Å². The molecular weight excluding hydrogens is 557 g/mol. The minimum Gasteiger partial charge on any atom is -0.354 e. The molecule has 0 heterocycles. The summed E-state index contributed by atoms with van der Waals surface area (Å²) in [7, 11) is -4.16. The zero-order chi connectivity index (χ0) is 28.7. The van der Waals surface area contributed by atoms with Crippen LogP contribution in [0.4, 0.5) is 5.69 Å². The van der Waals surface area contributed by atoms with Crippen molar-refractivity contribution in [1.82, 2.24) is 10.2 Å². The van der Waals surface area contributed by atoms with Gasteiger partial charge < -0.3 is 10.2 Å². The lowest BCUT2D eigenvalue weighted by Crippen LogP contribution is -2.51. The van der Waals surface area contributed by atoms with E-state index < -0.39 is 28.5 Å². The van der Waals surface area contributed by atoms with Gasteiger partial charge in [0, 0.05) is 23.1 Å². The molecule has 10 heteroatoms. The van der Waals surface area contributed by atoms with Gasteiger partial charge in [-0.15, -0.1) is 0 Å². The van der Waals surface area contributed by atoms with E-state index >= 15 is 0 Å². The van der Waals surface area contributed by atoms with Crippen LogP contribution in [0.3, 0.4) is 0 Å². The highest BCUT2D eigenvalue weighted by Crippen LogP contribution is 2.27. The first kappa shape index (κ1) is 30.5. The van der Waals surface area contributed by atoms with Crippen molar-refractivity contribution in [3.63, 3.8) is 0 Å². The summed E-state index contributed by atoms with van der Waals surface area (Å²) < 4.78 is 28.6. The molecule has 1 N–H and O–H groups in total. The summed E-state index contributed by atoms with van der Waals surface area (Å²) in [5.41, 5.74) is 1.83. The van der Waals surface area contributed by atoms with Crippen molar-refractivity contribution in [1.29, 1.82) is 0 Å². The van der Waals surface area contributed by atoms with Crippen LogP contribution in [-0.2, 0) is 26.2 Å². The van der Waals surface area contributed by atoms with Crippen LogP contribution in [0.15, 0.2) is 77.7 Å². The number of halogens is 2. The van der Waals surface area contributed by atoms with Crippen molar-refractivity contribution in [2.75, 3.05) is 17.4 Å². The summed E-state index contributed by atoms with van der Waals surface area (Å²) in [6, 6.07) is 18.8. The Hall–Kier alpha value is -3.07. The van der Waals surface area contributed by atoms with Crippen molar-refractivity contribution in [2.24, 2.45) is 5.92 Å². The monoisotopic (exact) mass is 589 g/mol. The molecule has 208 valence electrons. The molecule has 3 rings (SSSR count). The molecule has 0 radical (unpaired) electrons. The predicted octanol–water partition coefficient (Wildman–Crippen LogP) is 5.69. The molecule has 39 heavy (non-hydrogen) atoms. The minimum absolute atomic E-state index is 0.0324. The zero-order valence-electron chi connectivity index (χ0n) is 22.4. The first-order valence-electron chi connectivity index (χ1n) is 12.5. The number of nitrogens with zero attached hydrogens (tertiary/aromatic N) is 2. The highest BCUT2D eigenvalue weighted by Gasteiger charge is 2.32. The van der Waals surface area contributed by atoms with Crippen molar-refractivity contribution < 1.29 is 18.0 Å². The molecular formula is C29H33Cl2N3O4S. The number of sulfonamides is 1. The molecule has 0 saturated heterocycles. The zero-order valence-corrected chi connectivity index (χ0v) is 24.7. The highest BCUT2D eigenvalue weighted by molar-refractivity contribution is 7.92. The molecule has 2 amide bonds. The number of nitrogens with one attached hydrogen (secondary N) is 1. The Balaban J connectivity index is 2.01. The number of carbonyl (C=O) groups excluding carboxylic acids is 2. The molecule has 0 aromatic heterocycles. The van der Waals surface area contributed by atoms with Crippen LogP contribution < -0.4 is 9.62 Å². The lowest BCUT2D eigenvalue weighted by Gasteiger charge is -2.32. The lowest BCUT2D eigenvalue weighted by atomic mass is 10.1. The van der Waals surface area contributed by atoms with Gasteiger partial charge in [0.15, 0.2) is 0 Å². The second-order valence-corrected chi connectivity index (χ2v) is 12.5. The molecule has 0 bridgehead atoms. The van der Waals surface area contributed by atoms with Crippen molar-refractivity contribution >= 4 is 50.7 Å². The number of hydrogen-bond donors (Lipinski definition) is 1. The maximum atomic E-state index is 13.9. The van der Waals surface area contributed by atoms with E-state index in [2.05, 4.69) is 5.32 Å². The van der Waals surface area contributed by atoms with E-state index in [4.69, 9.17) is 23.2 Å². The van der Waals surface area contributed by atoms with E-state index in [1.165, 1.54) is 23.1 Å². The second-order valence-electron chi connectivity index (χ2n) is 9.77. The Morgan fingerprint density at radius 1 is 0.897 bits per heavy atom. The van der Waals surface area contributed by atoms with E-state index in [-0.39, 0.29) is 29.0 Å². The van der Waals surface area contributed by atoms with E-state index in [1.54, 1.807) is 61.5 Å². The van der Waals surface area contributed by atoms with Gasteiger partial charge in [0.2, 0.25) is 11.8 Å². The smallest absolute Gasteiger partial charge is 0.264 e. The molecule has 0 aliphatic rings. The van der Waals surface area contributed by atoms with Gasteiger partial charge in [-0.3, -0.25) is 13.9 Å². The van der Waals surface area contributed by atoms with Crippen molar-refractivity contribution in [3.05, 3.63) is 94.0 Å². The summed E-state index contributed by atoms with van der Waals surface area (Å²) in [5, 5.41) is 3.67. The number of hydrogen-bond acceptors (Lipinski definition) is 4. The number of aryl methyl sites for hydroxylation is 1. The first-order valence-corrected chi connectivity index (χ1v) is 14.7. The Kier molecular flexibility index (Phi) is 10.4. The lowest BCUT2D eigenvalue weighted by molar-refractivity contribution is -0.139. The summed E-state index contributed by atoms with van der Waals surface area (Å²) >= 11 is 12.4. The Morgan fingerprint density at radius 2 is 1.51 bits per heavy atom. The SMILES string of the molecule is Cc1ccc(S(=O)(=O)N(CC(=O)N(Cc2cccc(Cl)c2)[C@@H](C)C(=O)NCC(C)C)c2cccc(Cl)c2)cc1. The molecule has 1 atom stereocenters. The van der Waals surface area contributed by atoms with Crippen molar-refractivity contribution in [2.45, 2.75) is 45.2 Å². The fourth-order valence-electron chi connectivity index (χ4n) is 3.86. The molecule has 3 aromatic rings. The summed E-state index contributed by atoms with van der Waals surface area (Å²) in [5.74, 6) is -0.677. The third-order valence-corrected chi connectivity index (χ3v) is 8.34. The number of carbonyl (C=O) groups is 2. The molecule has 0 fully saturated rings. The number of benzene rings is 3. The molecule has 3 aromatic carbocycles. The number of amides is 2. The molecule has 0 saturated carbocycles. The third kappa shape index (κ3) is 8.21. The van der Waals surface area contributed by atoms with E-state index in [0.717, 1.165) is 9.87 Å². The topological polar surface area (TPSA) is 86.8 Å². The Morgan fingerprint density at radius 3 is 2.10 bits per heavy atom. The molecule has 7 nitrogen and oxygen atoms in total. The van der Waals surface area contributed by atoms with Crippen LogP contribution in [0.5, 0.6) is 0 Å². The van der Waals surface area contributed by atoms with Gasteiger partial charge in [0.25, 0.3) is 10.0 Å².